The lowest BCUT2D eigenvalue weighted by atomic mass is 10.1. The summed E-state index contributed by atoms with van der Waals surface area (Å²) < 4.78 is 18.2. The number of benzene rings is 1. The summed E-state index contributed by atoms with van der Waals surface area (Å²) in [6.07, 6.45) is 0. The molecule has 0 unspecified atom stereocenters. The summed E-state index contributed by atoms with van der Waals surface area (Å²) in [7, 11) is 1.34. The molecule has 0 bridgehead atoms. The molecule has 0 atom stereocenters. The Labute approximate surface area is 121 Å². The second-order valence-corrected chi connectivity index (χ2v) is 4.81. The van der Waals surface area contributed by atoms with Gasteiger partial charge in [0.2, 0.25) is 0 Å². The fraction of sp³-hybridized carbons (Fsp3) is 0.429. The minimum Gasteiger partial charge on any atom is -0.494 e. The van der Waals surface area contributed by atoms with Gasteiger partial charge in [0, 0.05) is 31.7 Å². The molecule has 1 fully saturated rings. The number of nitrogens with zero attached hydrogens (tertiary/aromatic N) is 2. The van der Waals surface area contributed by atoms with Crippen molar-refractivity contribution < 1.29 is 23.8 Å². The highest BCUT2D eigenvalue weighted by atomic mass is 19.1. The molecule has 1 aliphatic heterocycles. The molecule has 114 valence electrons. The first-order valence-electron chi connectivity index (χ1n) is 6.58. The van der Waals surface area contributed by atoms with Gasteiger partial charge in [0.25, 0.3) is 5.91 Å². The van der Waals surface area contributed by atoms with Gasteiger partial charge < -0.3 is 14.7 Å². The molecule has 1 saturated heterocycles. The highest BCUT2D eigenvalue weighted by molar-refractivity contribution is 5.94. The second-order valence-electron chi connectivity index (χ2n) is 4.81. The summed E-state index contributed by atoms with van der Waals surface area (Å²) in [5.41, 5.74) is 0.361. The minimum atomic E-state index is -0.877. The van der Waals surface area contributed by atoms with Gasteiger partial charge in [0.1, 0.15) is 0 Å². The van der Waals surface area contributed by atoms with E-state index < -0.39 is 11.8 Å². The summed E-state index contributed by atoms with van der Waals surface area (Å²) in [6.45, 7) is 1.90. The molecule has 0 saturated carbocycles. The van der Waals surface area contributed by atoms with Crippen LogP contribution in [0.5, 0.6) is 5.75 Å². The van der Waals surface area contributed by atoms with Gasteiger partial charge in [-0.3, -0.25) is 14.5 Å². The number of methoxy groups -OCH3 is 1. The van der Waals surface area contributed by atoms with Crippen LogP contribution in [0.15, 0.2) is 18.2 Å². The molecule has 1 heterocycles. The Bertz CT molecular complexity index is 542. The fourth-order valence-corrected chi connectivity index (χ4v) is 2.28. The lowest BCUT2D eigenvalue weighted by Gasteiger charge is -2.33. The van der Waals surface area contributed by atoms with Crippen LogP contribution in [0.4, 0.5) is 4.39 Å². The number of amides is 1. The van der Waals surface area contributed by atoms with E-state index in [4.69, 9.17) is 9.84 Å². The van der Waals surface area contributed by atoms with Gasteiger partial charge in [0.05, 0.1) is 13.7 Å². The largest absolute Gasteiger partial charge is 0.494 e. The van der Waals surface area contributed by atoms with Gasteiger partial charge in [0.15, 0.2) is 11.6 Å². The SMILES string of the molecule is COc1cc(C(=O)N2CCN(CC(=O)O)CC2)ccc1F. The summed E-state index contributed by atoms with van der Waals surface area (Å²) in [5.74, 6) is -1.56. The molecule has 21 heavy (non-hydrogen) atoms. The van der Waals surface area contributed by atoms with E-state index in [0.717, 1.165) is 0 Å². The Hall–Kier alpha value is -2.15. The fourth-order valence-electron chi connectivity index (χ4n) is 2.28. The monoisotopic (exact) mass is 296 g/mol. The molecule has 7 heteroatoms. The number of carboxylic acids is 1. The number of carbonyl (C=O) groups excluding carboxylic acids is 1. The molecule has 1 aromatic carbocycles. The van der Waals surface area contributed by atoms with Gasteiger partial charge in [-0.2, -0.15) is 0 Å². The van der Waals surface area contributed by atoms with E-state index in [9.17, 15) is 14.0 Å². The van der Waals surface area contributed by atoms with Gasteiger partial charge in [-0.1, -0.05) is 0 Å². The zero-order valence-electron chi connectivity index (χ0n) is 11.7. The Kier molecular flexibility index (Phi) is 4.74. The van der Waals surface area contributed by atoms with E-state index in [2.05, 4.69) is 0 Å². The number of piperazine rings is 1. The predicted molar refractivity (Wildman–Crippen MR) is 72.9 cm³/mol. The Balaban J connectivity index is 2.00. The van der Waals surface area contributed by atoms with Crippen LogP contribution in [0.2, 0.25) is 0 Å². The first-order chi connectivity index (χ1) is 10.0. The zero-order chi connectivity index (χ0) is 15.4. The van der Waals surface area contributed by atoms with Crippen molar-refractivity contribution in [3.63, 3.8) is 0 Å². The first-order valence-corrected chi connectivity index (χ1v) is 6.58. The quantitative estimate of drug-likeness (QED) is 0.884. The number of hydrogen-bond acceptors (Lipinski definition) is 4. The van der Waals surface area contributed by atoms with Crippen LogP contribution in [0.3, 0.4) is 0 Å². The number of rotatable bonds is 4. The van der Waals surface area contributed by atoms with Crippen molar-refractivity contribution in [1.29, 1.82) is 0 Å². The third-order valence-electron chi connectivity index (χ3n) is 3.42. The molecule has 0 aliphatic carbocycles. The van der Waals surface area contributed by atoms with Crippen LogP contribution >= 0.6 is 0 Å². The maximum atomic E-state index is 13.3. The van der Waals surface area contributed by atoms with E-state index in [1.54, 1.807) is 9.80 Å². The Morgan fingerprint density at radius 3 is 2.52 bits per heavy atom. The molecule has 0 spiro atoms. The number of halogens is 1. The third kappa shape index (κ3) is 3.69. The van der Waals surface area contributed by atoms with Crippen molar-refractivity contribution in [1.82, 2.24) is 9.80 Å². The van der Waals surface area contributed by atoms with Crippen molar-refractivity contribution in [2.45, 2.75) is 0 Å². The average molecular weight is 296 g/mol. The van der Waals surface area contributed by atoms with E-state index >= 15 is 0 Å². The highest BCUT2D eigenvalue weighted by Gasteiger charge is 2.23. The highest BCUT2D eigenvalue weighted by Crippen LogP contribution is 2.19. The maximum Gasteiger partial charge on any atom is 0.317 e. The first kappa shape index (κ1) is 15.2. The smallest absolute Gasteiger partial charge is 0.317 e. The van der Waals surface area contributed by atoms with Crippen LogP contribution < -0.4 is 4.74 Å². The number of ether oxygens (including phenoxy) is 1. The van der Waals surface area contributed by atoms with E-state index in [1.165, 1.54) is 25.3 Å². The third-order valence-corrected chi connectivity index (χ3v) is 3.42. The lowest BCUT2D eigenvalue weighted by molar-refractivity contribution is -0.138. The van der Waals surface area contributed by atoms with Crippen molar-refractivity contribution in [2.75, 3.05) is 39.8 Å². The summed E-state index contributed by atoms with van der Waals surface area (Å²) >= 11 is 0. The van der Waals surface area contributed by atoms with Gasteiger partial charge in [-0.15, -0.1) is 0 Å². The van der Waals surface area contributed by atoms with E-state index in [0.29, 0.717) is 31.7 Å². The van der Waals surface area contributed by atoms with Crippen molar-refractivity contribution >= 4 is 11.9 Å². The summed E-state index contributed by atoms with van der Waals surface area (Å²) in [6, 6.07) is 4.00. The average Bonchev–Trinajstić information content (AvgIpc) is 2.47. The number of hydrogen-bond donors (Lipinski definition) is 1. The molecule has 1 aromatic rings. The van der Waals surface area contributed by atoms with Gasteiger partial charge in [-0.05, 0) is 18.2 Å². The molecular formula is C14H17FN2O4. The second kappa shape index (κ2) is 6.53. The Morgan fingerprint density at radius 1 is 1.29 bits per heavy atom. The minimum absolute atomic E-state index is 0.0214. The van der Waals surface area contributed by atoms with Crippen LogP contribution in [0.1, 0.15) is 10.4 Å². The maximum absolute atomic E-state index is 13.3. The summed E-state index contributed by atoms with van der Waals surface area (Å²) in [5, 5.41) is 8.73. The van der Waals surface area contributed by atoms with E-state index in [-0.39, 0.29) is 18.2 Å². The zero-order valence-corrected chi connectivity index (χ0v) is 11.7. The molecule has 1 aliphatic rings. The van der Waals surface area contributed by atoms with Crippen LogP contribution in [-0.2, 0) is 4.79 Å². The van der Waals surface area contributed by atoms with Crippen LogP contribution in [0, 0.1) is 5.82 Å². The molecular weight excluding hydrogens is 279 g/mol. The standard InChI is InChI=1S/C14H17FN2O4/c1-21-12-8-10(2-3-11(12)15)14(20)17-6-4-16(5-7-17)9-13(18)19/h2-3,8H,4-7,9H2,1H3,(H,18,19). The lowest BCUT2D eigenvalue weighted by Crippen LogP contribution is -2.49. The van der Waals surface area contributed by atoms with Gasteiger partial charge >= 0.3 is 5.97 Å². The van der Waals surface area contributed by atoms with Crippen molar-refractivity contribution in [3.8, 4) is 5.75 Å². The van der Waals surface area contributed by atoms with Crippen LogP contribution in [0.25, 0.3) is 0 Å². The van der Waals surface area contributed by atoms with E-state index in [1.807, 2.05) is 0 Å². The van der Waals surface area contributed by atoms with Crippen molar-refractivity contribution in [3.05, 3.63) is 29.6 Å². The summed E-state index contributed by atoms with van der Waals surface area (Å²) in [4.78, 5) is 26.4. The molecule has 0 radical (unpaired) electrons. The predicted octanol–water partition coefficient (Wildman–Crippen LogP) is 0.677. The molecule has 0 aromatic heterocycles. The Morgan fingerprint density at radius 2 is 1.95 bits per heavy atom. The molecule has 6 nitrogen and oxygen atoms in total. The van der Waals surface area contributed by atoms with Crippen molar-refractivity contribution in [2.24, 2.45) is 0 Å². The normalized spacial score (nSPS) is 15.8. The topological polar surface area (TPSA) is 70.1 Å². The molecule has 2 rings (SSSR count). The number of carbonyl (C=O) groups is 2. The number of carboxylic acid groups (broad SMARTS) is 1. The number of aliphatic carboxylic acids is 1. The van der Waals surface area contributed by atoms with Crippen LogP contribution in [-0.4, -0.2) is 66.6 Å². The molecule has 1 amide bonds. The molecule has 1 N–H and O–H groups in total. The van der Waals surface area contributed by atoms with Gasteiger partial charge in [-0.25, -0.2) is 4.39 Å².